The highest BCUT2D eigenvalue weighted by Gasteiger charge is 1.85. The van der Waals surface area contributed by atoms with Crippen molar-refractivity contribution in [2.45, 2.75) is 40.2 Å². The van der Waals surface area contributed by atoms with Gasteiger partial charge in [0.25, 0.3) is 0 Å². The lowest BCUT2D eigenvalue weighted by atomic mass is 10.3. The molecular formula is C9H18N2. The Morgan fingerprint density at radius 2 is 2.09 bits per heavy atom. The molecule has 0 N–H and O–H groups in total. The molecule has 0 fully saturated rings. The van der Waals surface area contributed by atoms with Crippen molar-refractivity contribution in [3.63, 3.8) is 0 Å². The molecule has 0 aliphatic rings. The lowest BCUT2D eigenvalue weighted by Crippen LogP contribution is -1.92. The van der Waals surface area contributed by atoms with E-state index in [1.807, 2.05) is 32.6 Å². The largest absolute Gasteiger partial charge is 0.337 e. The van der Waals surface area contributed by atoms with Crippen molar-refractivity contribution < 1.29 is 0 Å². The van der Waals surface area contributed by atoms with Gasteiger partial charge in [0.1, 0.15) is 0 Å². The van der Waals surface area contributed by atoms with E-state index in [1.54, 1.807) is 0 Å². The first-order chi connectivity index (χ1) is 5.43. The van der Waals surface area contributed by atoms with Crippen LogP contribution >= 0.6 is 0 Å². The minimum Gasteiger partial charge on any atom is -0.337 e. The number of aryl methyl sites for hydroxylation is 1. The first-order valence-corrected chi connectivity index (χ1v) is 4.39. The van der Waals surface area contributed by atoms with Gasteiger partial charge in [-0.2, -0.15) is 0 Å². The number of hydrogen-bond acceptors (Lipinski definition) is 1. The van der Waals surface area contributed by atoms with E-state index < -0.39 is 0 Å². The summed E-state index contributed by atoms with van der Waals surface area (Å²) in [7, 11) is 0. The molecule has 0 aromatic carbocycles. The van der Waals surface area contributed by atoms with Gasteiger partial charge in [0.05, 0.1) is 6.33 Å². The Bertz CT molecular complexity index is 145. The third kappa shape index (κ3) is 4.59. The van der Waals surface area contributed by atoms with Crippen molar-refractivity contribution in [2.24, 2.45) is 0 Å². The Hall–Kier alpha value is -0.790. The van der Waals surface area contributed by atoms with E-state index in [2.05, 4.69) is 16.5 Å². The molecule has 0 saturated carbocycles. The summed E-state index contributed by atoms with van der Waals surface area (Å²) >= 11 is 0. The van der Waals surface area contributed by atoms with Crippen LogP contribution < -0.4 is 0 Å². The molecule has 1 aromatic rings. The summed E-state index contributed by atoms with van der Waals surface area (Å²) in [5.74, 6) is 0. The zero-order chi connectivity index (χ0) is 8.53. The van der Waals surface area contributed by atoms with Crippen LogP contribution in [0.3, 0.4) is 0 Å². The fourth-order valence-electron chi connectivity index (χ4n) is 0.760. The SMILES string of the molecule is CC.CCCCn1ccnc1. The molecule has 64 valence electrons. The van der Waals surface area contributed by atoms with Gasteiger partial charge in [-0.3, -0.25) is 0 Å². The normalized spacial score (nSPS) is 8.64. The molecule has 2 heteroatoms. The van der Waals surface area contributed by atoms with Crippen LogP contribution in [0.5, 0.6) is 0 Å². The molecule has 1 rings (SSSR count). The Morgan fingerprint density at radius 3 is 2.55 bits per heavy atom. The van der Waals surface area contributed by atoms with Crippen molar-refractivity contribution in [3.05, 3.63) is 18.7 Å². The number of imidazole rings is 1. The Morgan fingerprint density at radius 1 is 1.36 bits per heavy atom. The number of unbranched alkanes of at least 4 members (excludes halogenated alkanes) is 1. The third-order valence-corrected chi connectivity index (χ3v) is 1.33. The fourth-order valence-corrected chi connectivity index (χ4v) is 0.760. The van der Waals surface area contributed by atoms with Crippen LogP contribution in [0.1, 0.15) is 33.6 Å². The van der Waals surface area contributed by atoms with Crippen LogP contribution in [0.25, 0.3) is 0 Å². The van der Waals surface area contributed by atoms with Gasteiger partial charge < -0.3 is 4.57 Å². The van der Waals surface area contributed by atoms with E-state index in [0.29, 0.717) is 0 Å². The maximum atomic E-state index is 3.94. The van der Waals surface area contributed by atoms with Crippen molar-refractivity contribution in [3.8, 4) is 0 Å². The van der Waals surface area contributed by atoms with Crippen LogP contribution in [-0.2, 0) is 6.54 Å². The van der Waals surface area contributed by atoms with Crippen molar-refractivity contribution >= 4 is 0 Å². The summed E-state index contributed by atoms with van der Waals surface area (Å²) in [6.45, 7) is 7.30. The van der Waals surface area contributed by atoms with E-state index in [0.717, 1.165) is 6.54 Å². The van der Waals surface area contributed by atoms with Crippen LogP contribution in [-0.4, -0.2) is 9.55 Å². The monoisotopic (exact) mass is 154 g/mol. The second-order valence-corrected chi connectivity index (χ2v) is 2.15. The molecule has 2 nitrogen and oxygen atoms in total. The van der Waals surface area contributed by atoms with E-state index in [1.165, 1.54) is 12.8 Å². The zero-order valence-corrected chi connectivity index (χ0v) is 7.75. The van der Waals surface area contributed by atoms with E-state index in [9.17, 15) is 0 Å². The van der Waals surface area contributed by atoms with Crippen LogP contribution in [0, 0.1) is 0 Å². The molecule has 0 atom stereocenters. The predicted octanol–water partition coefficient (Wildman–Crippen LogP) is 2.71. The topological polar surface area (TPSA) is 17.8 Å². The number of rotatable bonds is 3. The highest BCUT2D eigenvalue weighted by Crippen LogP contribution is 1.92. The molecule has 11 heavy (non-hydrogen) atoms. The van der Waals surface area contributed by atoms with Crippen molar-refractivity contribution in [2.75, 3.05) is 0 Å². The molecule has 0 spiro atoms. The van der Waals surface area contributed by atoms with Crippen LogP contribution in [0.2, 0.25) is 0 Å². The molecule has 0 unspecified atom stereocenters. The van der Waals surface area contributed by atoms with Gasteiger partial charge in [-0.1, -0.05) is 27.2 Å². The van der Waals surface area contributed by atoms with Gasteiger partial charge >= 0.3 is 0 Å². The smallest absolute Gasteiger partial charge is 0.0945 e. The minimum absolute atomic E-state index is 1.11. The van der Waals surface area contributed by atoms with E-state index in [-0.39, 0.29) is 0 Å². The molecule has 0 amide bonds. The summed E-state index contributed by atoms with van der Waals surface area (Å²) in [5.41, 5.74) is 0. The van der Waals surface area contributed by atoms with E-state index in [4.69, 9.17) is 0 Å². The summed E-state index contributed by atoms with van der Waals surface area (Å²) in [6, 6.07) is 0. The second-order valence-electron chi connectivity index (χ2n) is 2.15. The highest BCUT2D eigenvalue weighted by atomic mass is 15.0. The van der Waals surface area contributed by atoms with Crippen LogP contribution in [0.15, 0.2) is 18.7 Å². The maximum Gasteiger partial charge on any atom is 0.0945 e. The molecule has 0 aliphatic heterocycles. The molecule has 1 aromatic heterocycles. The molecule has 0 aliphatic carbocycles. The Balaban J connectivity index is 0.000000461. The maximum absolute atomic E-state index is 3.94. The van der Waals surface area contributed by atoms with Crippen LogP contribution in [0.4, 0.5) is 0 Å². The third-order valence-electron chi connectivity index (χ3n) is 1.33. The van der Waals surface area contributed by atoms with E-state index >= 15 is 0 Å². The van der Waals surface area contributed by atoms with Gasteiger partial charge in [0.15, 0.2) is 0 Å². The number of nitrogens with zero attached hydrogens (tertiary/aromatic N) is 2. The average molecular weight is 154 g/mol. The Labute approximate surface area is 69.3 Å². The predicted molar refractivity (Wildman–Crippen MR) is 48.5 cm³/mol. The quantitative estimate of drug-likeness (QED) is 0.654. The molecule has 0 saturated heterocycles. The summed E-state index contributed by atoms with van der Waals surface area (Å²) in [6.07, 6.45) is 8.16. The fraction of sp³-hybridized carbons (Fsp3) is 0.667. The first kappa shape index (κ1) is 10.2. The highest BCUT2D eigenvalue weighted by molar-refractivity contribution is 4.73. The van der Waals surface area contributed by atoms with Gasteiger partial charge in [0.2, 0.25) is 0 Å². The summed E-state index contributed by atoms with van der Waals surface area (Å²) in [4.78, 5) is 3.94. The molecule has 1 heterocycles. The minimum atomic E-state index is 1.11. The molecular weight excluding hydrogens is 136 g/mol. The summed E-state index contributed by atoms with van der Waals surface area (Å²) in [5, 5.41) is 0. The standard InChI is InChI=1S/C7H12N2.C2H6/c1-2-3-5-9-6-4-8-7-9;1-2/h4,6-7H,2-3,5H2,1H3;1-2H3. The van der Waals surface area contributed by atoms with Crippen molar-refractivity contribution in [1.82, 2.24) is 9.55 Å². The van der Waals surface area contributed by atoms with Gasteiger partial charge in [-0.05, 0) is 6.42 Å². The van der Waals surface area contributed by atoms with Crippen molar-refractivity contribution in [1.29, 1.82) is 0 Å². The molecule has 0 bridgehead atoms. The van der Waals surface area contributed by atoms with Gasteiger partial charge in [-0.25, -0.2) is 4.98 Å². The van der Waals surface area contributed by atoms with Gasteiger partial charge in [0, 0.05) is 18.9 Å². The molecule has 0 radical (unpaired) electrons. The number of hydrogen-bond donors (Lipinski definition) is 0. The summed E-state index contributed by atoms with van der Waals surface area (Å²) < 4.78 is 2.10. The first-order valence-electron chi connectivity index (χ1n) is 4.39. The Kier molecular flexibility index (Phi) is 6.79. The number of aromatic nitrogens is 2. The lowest BCUT2D eigenvalue weighted by Gasteiger charge is -1.96. The second kappa shape index (κ2) is 7.32. The zero-order valence-electron chi connectivity index (χ0n) is 7.75. The van der Waals surface area contributed by atoms with Gasteiger partial charge in [-0.15, -0.1) is 0 Å². The average Bonchev–Trinajstić information content (AvgIpc) is 2.57. The lowest BCUT2D eigenvalue weighted by molar-refractivity contribution is 0.631.